The van der Waals surface area contributed by atoms with E-state index in [1.54, 1.807) is 11.0 Å². The van der Waals surface area contributed by atoms with Crippen molar-refractivity contribution in [2.24, 2.45) is 0 Å². The van der Waals surface area contributed by atoms with Gasteiger partial charge in [0.25, 0.3) is 0 Å². The van der Waals surface area contributed by atoms with Crippen molar-refractivity contribution in [1.29, 1.82) is 0 Å². The van der Waals surface area contributed by atoms with Crippen molar-refractivity contribution in [3.05, 3.63) is 52.4 Å². The number of nitrogens with one attached hydrogen (secondary N) is 1. The number of hydrogen-bond acceptors (Lipinski definition) is 4. The van der Waals surface area contributed by atoms with Gasteiger partial charge in [0, 0.05) is 17.1 Å². The first kappa shape index (κ1) is 15.2. The first-order valence-electron chi connectivity index (χ1n) is 7.36. The van der Waals surface area contributed by atoms with E-state index >= 15 is 0 Å². The molecule has 0 atom stereocenters. The fourth-order valence-corrected chi connectivity index (χ4v) is 2.61. The number of rotatable bonds is 3. The quantitative estimate of drug-likeness (QED) is 0.597. The Balaban J connectivity index is 2.07. The van der Waals surface area contributed by atoms with Gasteiger partial charge in [-0.2, -0.15) is 0 Å². The number of amides is 1. The number of carbonyl (C=O) groups excluding carboxylic acids is 1. The maximum Gasteiger partial charge on any atom is 0.344 e. The van der Waals surface area contributed by atoms with Crippen LogP contribution in [0.4, 0.5) is 5.69 Å². The lowest BCUT2D eigenvalue weighted by molar-refractivity contribution is -0.116. The lowest BCUT2D eigenvalue weighted by Crippen LogP contribution is -2.27. The highest BCUT2D eigenvalue weighted by atomic mass is 16.4. The van der Waals surface area contributed by atoms with Gasteiger partial charge in [-0.1, -0.05) is 17.7 Å². The molecule has 3 rings (SSSR count). The Labute approximate surface area is 133 Å². The largest absolute Gasteiger partial charge is 0.422 e. The lowest BCUT2D eigenvalue weighted by Gasteiger charge is -2.11. The van der Waals surface area contributed by atoms with Crippen LogP contribution >= 0.6 is 0 Å². The van der Waals surface area contributed by atoms with Crippen LogP contribution in [-0.2, 0) is 4.79 Å². The summed E-state index contributed by atoms with van der Waals surface area (Å²) in [6.45, 7) is 2.23. The van der Waals surface area contributed by atoms with Crippen LogP contribution in [0.3, 0.4) is 0 Å². The zero-order valence-electron chi connectivity index (χ0n) is 13.3. The molecule has 0 aliphatic carbocycles. The SMILES string of the molecule is Cc1ccc2c(c1)c(=O)oc1cc(NC(=O)CN(C)C)ccc12. The van der Waals surface area contributed by atoms with Crippen molar-refractivity contribution in [2.75, 3.05) is 26.0 Å². The van der Waals surface area contributed by atoms with Gasteiger partial charge < -0.3 is 14.6 Å². The van der Waals surface area contributed by atoms with Crippen LogP contribution in [0, 0.1) is 6.92 Å². The Kier molecular flexibility index (Phi) is 3.88. The zero-order chi connectivity index (χ0) is 16.6. The monoisotopic (exact) mass is 310 g/mol. The second-order valence-electron chi connectivity index (χ2n) is 5.94. The molecule has 0 aliphatic heterocycles. The molecule has 1 amide bonds. The predicted molar refractivity (Wildman–Crippen MR) is 91.9 cm³/mol. The van der Waals surface area contributed by atoms with Gasteiger partial charge in [0.15, 0.2) is 0 Å². The van der Waals surface area contributed by atoms with Crippen molar-refractivity contribution in [3.8, 4) is 0 Å². The molecule has 23 heavy (non-hydrogen) atoms. The van der Waals surface area contributed by atoms with Gasteiger partial charge in [-0.3, -0.25) is 4.79 Å². The first-order valence-corrected chi connectivity index (χ1v) is 7.36. The molecule has 118 valence electrons. The topological polar surface area (TPSA) is 62.6 Å². The Morgan fingerprint density at radius 3 is 2.57 bits per heavy atom. The van der Waals surface area contributed by atoms with Crippen molar-refractivity contribution in [2.45, 2.75) is 6.92 Å². The molecule has 3 aromatic rings. The summed E-state index contributed by atoms with van der Waals surface area (Å²) >= 11 is 0. The highest BCUT2D eigenvalue weighted by Crippen LogP contribution is 2.26. The van der Waals surface area contributed by atoms with E-state index in [4.69, 9.17) is 4.42 Å². The average molecular weight is 310 g/mol. The maximum absolute atomic E-state index is 12.2. The first-order chi connectivity index (χ1) is 10.9. The summed E-state index contributed by atoms with van der Waals surface area (Å²) in [6, 6.07) is 11.1. The molecule has 0 bridgehead atoms. The van der Waals surface area contributed by atoms with E-state index in [0.717, 1.165) is 16.3 Å². The molecule has 1 heterocycles. The molecule has 0 spiro atoms. The van der Waals surface area contributed by atoms with Crippen LogP contribution < -0.4 is 10.9 Å². The minimum atomic E-state index is -0.368. The van der Waals surface area contributed by atoms with E-state index in [2.05, 4.69) is 5.32 Å². The summed E-state index contributed by atoms with van der Waals surface area (Å²) in [7, 11) is 3.65. The van der Waals surface area contributed by atoms with Gasteiger partial charge >= 0.3 is 5.63 Å². The predicted octanol–water partition coefficient (Wildman–Crippen LogP) is 2.75. The van der Waals surface area contributed by atoms with E-state index in [1.807, 2.05) is 51.4 Å². The number of carbonyl (C=O) groups is 1. The molecule has 0 saturated carbocycles. The van der Waals surface area contributed by atoms with E-state index in [9.17, 15) is 9.59 Å². The van der Waals surface area contributed by atoms with Crippen LogP contribution in [0.5, 0.6) is 0 Å². The number of fused-ring (bicyclic) bond motifs is 3. The number of hydrogen-bond donors (Lipinski definition) is 1. The van der Waals surface area contributed by atoms with Crippen molar-refractivity contribution < 1.29 is 9.21 Å². The molecule has 2 aromatic carbocycles. The van der Waals surface area contributed by atoms with Gasteiger partial charge in [-0.15, -0.1) is 0 Å². The molecule has 5 heteroatoms. The normalized spacial score (nSPS) is 11.3. The third-order valence-corrected chi connectivity index (χ3v) is 3.61. The zero-order valence-corrected chi connectivity index (χ0v) is 13.3. The van der Waals surface area contributed by atoms with E-state index < -0.39 is 0 Å². The third-order valence-electron chi connectivity index (χ3n) is 3.61. The van der Waals surface area contributed by atoms with Crippen LogP contribution in [0.15, 0.2) is 45.6 Å². The highest BCUT2D eigenvalue weighted by molar-refractivity contribution is 6.06. The van der Waals surface area contributed by atoms with Crippen molar-refractivity contribution in [1.82, 2.24) is 4.90 Å². The standard InChI is InChI=1S/C18H18N2O3/c1-11-4-6-13-14-7-5-12(19-17(21)10-20(2)3)9-16(14)23-18(22)15(13)8-11/h4-9H,10H2,1-3H3,(H,19,21). The lowest BCUT2D eigenvalue weighted by atomic mass is 10.1. The second-order valence-corrected chi connectivity index (χ2v) is 5.94. The maximum atomic E-state index is 12.2. The molecule has 1 N–H and O–H groups in total. The van der Waals surface area contributed by atoms with Gasteiger partial charge in [-0.05, 0) is 44.6 Å². The molecule has 0 saturated heterocycles. The van der Waals surface area contributed by atoms with E-state index in [1.165, 1.54) is 0 Å². The van der Waals surface area contributed by atoms with Gasteiger partial charge in [0.2, 0.25) is 5.91 Å². The molecule has 1 aromatic heterocycles. The summed E-state index contributed by atoms with van der Waals surface area (Å²) in [5, 5.41) is 5.08. The van der Waals surface area contributed by atoms with Crippen molar-refractivity contribution in [3.63, 3.8) is 0 Å². The number of benzene rings is 2. The second kappa shape index (κ2) is 5.85. The minimum Gasteiger partial charge on any atom is -0.422 e. The molecule has 5 nitrogen and oxygen atoms in total. The average Bonchev–Trinajstić information content (AvgIpc) is 2.46. The Morgan fingerprint density at radius 1 is 1.09 bits per heavy atom. The van der Waals surface area contributed by atoms with E-state index in [0.29, 0.717) is 23.2 Å². The molecule has 0 fully saturated rings. The summed E-state index contributed by atoms with van der Waals surface area (Å²) in [6.07, 6.45) is 0. The number of aryl methyl sites for hydroxylation is 1. The Hall–Kier alpha value is -2.66. The number of likely N-dealkylation sites (N-methyl/N-ethyl adjacent to an activating group) is 1. The minimum absolute atomic E-state index is 0.117. The number of nitrogens with zero attached hydrogens (tertiary/aromatic N) is 1. The molecular formula is C18H18N2O3. The molecule has 0 unspecified atom stereocenters. The van der Waals surface area contributed by atoms with Gasteiger partial charge in [-0.25, -0.2) is 4.79 Å². The van der Waals surface area contributed by atoms with Crippen LogP contribution in [0.25, 0.3) is 21.7 Å². The Bertz CT molecular complexity index is 958. The molecular weight excluding hydrogens is 292 g/mol. The van der Waals surface area contributed by atoms with Crippen molar-refractivity contribution >= 4 is 33.3 Å². The third kappa shape index (κ3) is 3.10. The summed E-state index contributed by atoms with van der Waals surface area (Å²) < 4.78 is 5.42. The summed E-state index contributed by atoms with van der Waals surface area (Å²) in [5.74, 6) is -0.117. The van der Waals surface area contributed by atoms with Gasteiger partial charge in [0.1, 0.15) is 5.58 Å². The summed E-state index contributed by atoms with van der Waals surface area (Å²) in [4.78, 5) is 25.8. The molecule has 0 aliphatic rings. The fourth-order valence-electron chi connectivity index (χ4n) is 2.61. The fraction of sp³-hybridized carbons (Fsp3) is 0.222. The summed E-state index contributed by atoms with van der Waals surface area (Å²) in [5.41, 5.74) is 1.72. The van der Waals surface area contributed by atoms with Gasteiger partial charge in [0.05, 0.1) is 11.9 Å². The molecule has 0 radical (unpaired) electrons. The highest BCUT2D eigenvalue weighted by Gasteiger charge is 2.10. The van der Waals surface area contributed by atoms with E-state index in [-0.39, 0.29) is 11.5 Å². The Morgan fingerprint density at radius 2 is 1.83 bits per heavy atom. The van der Waals surface area contributed by atoms with Crippen LogP contribution in [-0.4, -0.2) is 31.4 Å². The van der Waals surface area contributed by atoms with Crippen LogP contribution in [0.2, 0.25) is 0 Å². The smallest absolute Gasteiger partial charge is 0.344 e. The number of anilines is 1. The van der Waals surface area contributed by atoms with Crippen LogP contribution in [0.1, 0.15) is 5.56 Å².